The molecule has 0 bridgehead atoms. The molecule has 0 aromatic heterocycles. The highest BCUT2D eigenvalue weighted by molar-refractivity contribution is 6.36. The van der Waals surface area contributed by atoms with Gasteiger partial charge in [0.05, 0.1) is 12.0 Å². The molecule has 35 heavy (non-hydrogen) atoms. The van der Waals surface area contributed by atoms with Crippen molar-refractivity contribution in [1.82, 2.24) is 10.2 Å². The summed E-state index contributed by atoms with van der Waals surface area (Å²) in [6.07, 6.45) is 1.08. The molecule has 11 heteroatoms. The van der Waals surface area contributed by atoms with E-state index in [2.05, 4.69) is 5.32 Å². The fraction of sp³-hybridized carbons (Fsp3) is 0.417. The Morgan fingerprint density at radius 2 is 1.80 bits per heavy atom. The van der Waals surface area contributed by atoms with E-state index in [4.69, 9.17) is 32.7 Å². The summed E-state index contributed by atoms with van der Waals surface area (Å²) in [5.74, 6) is -0.576. The smallest absolute Gasteiger partial charge is 0.311 e. The van der Waals surface area contributed by atoms with E-state index < -0.39 is 23.5 Å². The van der Waals surface area contributed by atoms with Crippen LogP contribution in [0.4, 0.5) is 5.69 Å². The van der Waals surface area contributed by atoms with Crippen molar-refractivity contribution in [1.29, 1.82) is 0 Å². The van der Waals surface area contributed by atoms with Crippen LogP contribution in [0, 0.1) is 10.1 Å². The van der Waals surface area contributed by atoms with E-state index in [1.807, 2.05) is 13.8 Å². The fourth-order valence-corrected chi connectivity index (χ4v) is 3.86. The van der Waals surface area contributed by atoms with Crippen LogP contribution >= 0.6 is 23.2 Å². The number of nitro groups is 1. The Balaban J connectivity index is 2.31. The first-order chi connectivity index (χ1) is 16.6. The van der Waals surface area contributed by atoms with Crippen LogP contribution in [0.25, 0.3) is 0 Å². The summed E-state index contributed by atoms with van der Waals surface area (Å²) < 4.78 is 10.7. The lowest BCUT2D eigenvalue weighted by atomic mass is 10.1. The van der Waals surface area contributed by atoms with E-state index in [0.717, 1.165) is 6.42 Å². The Morgan fingerprint density at radius 3 is 2.34 bits per heavy atom. The number of rotatable bonds is 12. The molecule has 0 radical (unpaired) electrons. The summed E-state index contributed by atoms with van der Waals surface area (Å²) in [7, 11) is 1.30. The van der Waals surface area contributed by atoms with Gasteiger partial charge < -0.3 is 19.7 Å². The molecule has 2 aromatic rings. The molecule has 0 spiro atoms. The summed E-state index contributed by atoms with van der Waals surface area (Å²) in [6, 6.07) is 8.08. The number of carbonyl (C=O) groups is 2. The van der Waals surface area contributed by atoms with Crippen molar-refractivity contribution in [2.24, 2.45) is 0 Å². The molecular weight excluding hydrogens is 497 g/mol. The number of nitrogens with one attached hydrogen (secondary N) is 1. The molecular formula is C24H29Cl2N3O6. The lowest BCUT2D eigenvalue weighted by Crippen LogP contribution is -2.51. The first-order valence-corrected chi connectivity index (χ1v) is 11.9. The number of amides is 2. The van der Waals surface area contributed by atoms with Gasteiger partial charge in [-0.2, -0.15) is 0 Å². The first kappa shape index (κ1) is 28.2. The number of hydrogen-bond acceptors (Lipinski definition) is 6. The summed E-state index contributed by atoms with van der Waals surface area (Å²) in [6.45, 7) is 5.21. The molecule has 2 amide bonds. The van der Waals surface area contributed by atoms with E-state index >= 15 is 0 Å². The van der Waals surface area contributed by atoms with E-state index in [-0.39, 0.29) is 35.7 Å². The average Bonchev–Trinajstić information content (AvgIpc) is 2.83. The van der Waals surface area contributed by atoms with Crippen molar-refractivity contribution in [2.75, 3.05) is 13.7 Å². The number of carbonyl (C=O) groups excluding carboxylic acids is 2. The summed E-state index contributed by atoms with van der Waals surface area (Å²) >= 11 is 12.7. The van der Waals surface area contributed by atoms with Crippen LogP contribution < -0.4 is 14.8 Å². The SMILES string of the molecule is CC[C@@H](C)NC(=O)[C@@H](CC)N(Cc1c(Cl)cccc1Cl)C(=O)COc1ccc([N+](=O)[O-])c(OC)c1. The second-order valence-electron chi connectivity index (χ2n) is 7.84. The summed E-state index contributed by atoms with van der Waals surface area (Å²) in [5.41, 5.74) is 0.282. The molecule has 0 aliphatic rings. The average molecular weight is 526 g/mol. The molecule has 190 valence electrons. The monoisotopic (exact) mass is 525 g/mol. The van der Waals surface area contributed by atoms with Crippen molar-refractivity contribution in [2.45, 2.75) is 52.2 Å². The lowest BCUT2D eigenvalue weighted by Gasteiger charge is -2.31. The van der Waals surface area contributed by atoms with Crippen LogP contribution in [0.1, 0.15) is 39.2 Å². The molecule has 2 aromatic carbocycles. The highest BCUT2D eigenvalue weighted by atomic mass is 35.5. The van der Waals surface area contributed by atoms with Gasteiger partial charge in [0.25, 0.3) is 5.91 Å². The third-order valence-corrected chi connectivity index (χ3v) is 6.20. The zero-order valence-corrected chi connectivity index (χ0v) is 21.6. The second kappa shape index (κ2) is 13.2. The van der Waals surface area contributed by atoms with Gasteiger partial charge in [0, 0.05) is 40.3 Å². The number of hydrogen-bond donors (Lipinski definition) is 1. The molecule has 0 heterocycles. The van der Waals surface area contributed by atoms with Gasteiger partial charge in [-0.05, 0) is 38.0 Å². The van der Waals surface area contributed by atoms with Crippen LogP contribution in [-0.4, -0.2) is 47.4 Å². The number of methoxy groups -OCH3 is 1. The van der Waals surface area contributed by atoms with Gasteiger partial charge in [0.2, 0.25) is 11.7 Å². The van der Waals surface area contributed by atoms with E-state index in [1.54, 1.807) is 25.1 Å². The molecule has 0 fully saturated rings. The van der Waals surface area contributed by atoms with Crippen molar-refractivity contribution < 1.29 is 24.0 Å². The van der Waals surface area contributed by atoms with Gasteiger partial charge >= 0.3 is 5.69 Å². The zero-order chi connectivity index (χ0) is 26.1. The predicted molar refractivity (Wildman–Crippen MR) is 134 cm³/mol. The Morgan fingerprint density at radius 1 is 1.14 bits per heavy atom. The van der Waals surface area contributed by atoms with Crippen molar-refractivity contribution in [3.8, 4) is 11.5 Å². The molecule has 2 rings (SSSR count). The van der Waals surface area contributed by atoms with Crippen molar-refractivity contribution in [3.63, 3.8) is 0 Å². The molecule has 0 saturated carbocycles. The van der Waals surface area contributed by atoms with Gasteiger partial charge in [0.15, 0.2) is 6.61 Å². The molecule has 0 saturated heterocycles. The zero-order valence-electron chi connectivity index (χ0n) is 20.0. The van der Waals surface area contributed by atoms with Crippen LogP contribution in [0.2, 0.25) is 10.0 Å². The topological polar surface area (TPSA) is 111 Å². The Hall–Kier alpha value is -3.04. The summed E-state index contributed by atoms with van der Waals surface area (Å²) in [5, 5.41) is 14.8. The molecule has 0 unspecified atom stereocenters. The molecule has 1 N–H and O–H groups in total. The number of benzene rings is 2. The minimum Gasteiger partial charge on any atom is -0.490 e. The van der Waals surface area contributed by atoms with Crippen molar-refractivity contribution in [3.05, 3.63) is 62.1 Å². The third kappa shape index (κ3) is 7.47. The molecule has 0 aliphatic carbocycles. The van der Waals surface area contributed by atoms with Gasteiger partial charge in [-0.3, -0.25) is 19.7 Å². The van der Waals surface area contributed by atoms with Crippen LogP contribution in [0.15, 0.2) is 36.4 Å². The normalized spacial score (nSPS) is 12.4. The summed E-state index contributed by atoms with van der Waals surface area (Å²) in [4.78, 5) is 38.3. The standard InChI is InChI=1S/C24H29Cl2N3O6/c1-5-15(3)27-24(31)20(6-2)28(13-17-18(25)8-7-9-19(17)26)23(30)14-35-16-10-11-21(29(32)33)22(12-16)34-4/h7-12,15,20H,5-6,13-14H2,1-4H3,(H,27,31)/t15-,20-/m1/s1. The molecule has 9 nitrogen and oxygen atoms in total. The Labute approximate surface area is 214 Å². The Kier molecular flexibility index (Phi) is 10.6. The molecule has 0 aliphatic heterocycles. The quantitative estimate of drug-likeness (QED) is 0.308. The maximum absolute atomic E-state index is 13.3. The van der Waals surface area contributed by atoms with Crippen LogP contribution in [-0.2, 0) is 16.1 Å². The van der Waals surface area contributed by atoms with Gasteiger partial charge in [-0.25, -0.2) is 0 Å². The largest absolute Gasteiger partial charge is 0.490 e. The molecule has 2 atom stereocenters. The number of halogens is 2. The van der Waals surface area contributed by atoms with Gasteiger partial charge in [-0.15, -0.1) is 0 Å². The predicted octanol–water partition coefficient (Wildman–Crippen LogP) is 5.01. The van der Waals surface area contributed by atoms with Crippen molar-refractivity contribution >= 4 is 40.7 Å². The Bertz CT molecular complexity index is 1050. The number of ether oxygens (including phenoxy) is 2. The van der Waals surface area contributed by atoms with E-state index in [0.29, 0.717) is 22.0 Å². The third-order valence-electron chi connectivity index (χ3n) is 5.49. The maximum atomic E-state index is 13.3. The fourth-order valence-electron chi connectivity index (χ4n) is 3.34. The minimum atomic E-state index is -0.793. The van der Waals surface area contributed by atoms with Crippen LogP contribution in [0.5, 0.6) is 11.5 Å². The van der Waals surface area contributed by atoms with Crippen LogP contribution in [0.3, 0.4) is 0 Å². The van der Waals surface area contributed by atoms with Gasteiger partial charge in [0.1, 0.15) is 11.8 Å². The number of nitro benzene ring substituents is 1. The number of nitrogens with zero attached hydrogens (tertiary/aromatic N) is 2. The second-order valence-corrected chi connectivity index (χ2v) is 8.66. The first-order valence-electron chi connectivity index (χ1n) is 11.1. The highest BCUT2D eigenvalue weighted by Gasteiger charge is 2.30. The highest BCUT2D eigenvalue weighted by Crippen LogP contribution is 2.31. The van der Waals surface area contributed by atoms with Gasteiger partial charge in [-0.1, -0.05) is 43.1 Å². The maximum Gasteiger partial charge on any atom is 0.311 e. The van der Waals surface area contributed by atoms with E-state index in [1.165, 1.54) is 30.2 Å². The lowest BCUT2D eigenvalue weighted by molar-refractivity contribution is -0.385. The minimum absolute atomic E-state index is 0.000907. The van der Waals surface area contributed by atoms with E-state index in [9.17, 15) is 19.7 Å².